The van der Waals surface area contributed by atoms with E-state index >= 15 is 0 Å². The lowest BCUT2D eigenvalue weighted by Gasteiger charge is -2.37. The Kier molecular flexibility index (Phi) is 10.4. The van der Waals surface area contributed by atoms with E-state index < -0.39 is 17.2 Å². The normalized spacial score (nSPS) is 19.0. The van der Waals surface area contributed by atoms with E-state index in [4.69, 9.17) is 4.74 Å². The molecule has 36 heavy (non-hydrogen) atoms. The fourth-order valence-electron chi connectivity index (χ4n) is 5.40. The molecule has 6 nitrogen and oxygen atoms in total. The van der Waals surface area contributed by atoms with Gasteiger partial charge in [-0.25, -0.2) is 4.79 Å². The van der Waals surface area contributed by atoms with Crippen molar-refractivity contribution < 1.29 is 14.6 Å². The summed E-state index contributed by atoms with van der Waals surface area (Å²) in [6.07, 6.45) is 6.79. The first-order valence-corrected chi connectivity index (χ1v) is 14.6. The second kappa shape index (κ2) is 12.8. The van der Waals surface area contributed by atoms with Gasteiger partial charge >= 0.3 is 6.09 Å². The van der Waals surface area contributed by atoms with Crippen molar-refractivity contribution in [2.24, 2.45) is 0 Å². The molecule has 0 spiro atoms. The molecule has 0 radical (unpaired) electrons. The number of carbonyl (C=O) groups excluding carboxylic acids is 1. The van der Waals surface area contributed by atoms with Crippen LogP contribution in [0.1, 0.15) is 90.7 Å². The summed E-state index contributed by atoms with van der Waals surface area (Å²) in [5.74, 6) is 7.11. The van der Waals surface area contributed by atoms with E-state index in [0.717, 1.165) is 92.4 Å². The Hall–Kier alpha value is -1.50. The molecule has 1 aromatic carbocycles. The summed E-state index contributed by atoms with van der Waals surface area (Å²) in [6.45, 7) is 15.1. The maximum atomic E-state index is 12.6. The number of piperidine rings is 1. The zero-order chi connectivity index (χ0) is 26.3. The lowest BCUT2D eigenvalue weighted by molar-refractivity contribution is 0.0463. The number of phenolic OH excluding ortho intramolecular Hbond substituents is 1. The number of hydrogen-bond donors (Lipinski definition) is 2. The second-order valence-corrected chi connectivity index (χ2v) is 12.4. The lowest BCUT2D eigenvalue weighted by Crippen LogP contribution is -2.50. The first-order valence-electron chi connectivity index (χ1n) is 13.6. The zero-order valence-corrected chi connectivity index (χ0v) is 24.9. The molecule has 2 fully saturated rings. The van der Waals surface area contributed by atoms with E-state index in [2.05, 4.69) is 63.4 Å². The highest BCUT2D eigenvalue weighted by molar-refractivity contribution is 14.1. The van der Waals surface area contributed by atoms with Crippen molar-refractivity contribution in [1.82, 2.24) is 15.1 Å². The highest BCUT2D eigenvalue weighted by Crippen LogP contribution is 2.30. The minimum Gasteiger partial charge on any atom is -0.507 e. The summed E-state index contributed by atoms with van der Waals surface area (Å²) >= 11 is 2.19. The number of carbonyl (C=O) groups is 1. The molecule has 1 saturated heterocycles. The maximum absolute atomic E-state index is 12.6. The Morgan fingerprint density at radius 3 is 2.42 bits per heavy atom. The summed E-state index contributed by atoms with van der Waals surface area (Å²) < 4.78 is 6.34. The van der Waals surface area contributed by atoms with Crippen LogP contribution in [0, 0.1) is 15.4 Å². The van der Waals surface area contributed by atoms with Gasteiger partial charge in [0.25, 0.3) is 0 Å². The third-order valence-electron chi connectivity index (χ3n) is 7.32. The SMILES string of the molecule is CCN(CC)C1CCN(Cc2cc(C#CC3(NC(=O)OC(C)(C)C)CCCCC3)cc(I)c2O)CC1. The molecule has 7 heteroatoms. The van der Waals surface area contributed by atoms with Crippen molar-refractivity contribution in [2.75, 3.05) is 26.2 Å². The monoisotopic (exact) mass is 609 g/mol. The van der Waals surface area contributed by atoms with Crippen LogP contribution in [0.25, 0.3) is 0 Å². The van der Waals surface area contributed by atoms with E-state index in [1.54, 1.807) is 0 Å². The number of aromatic hydroxyl groups is 1. The summed E-state index contributed by atoms with van der Waals surface area (Å²) in [6, 6.07) is 4.61. The Morgan fingerprint density at radius 1 is 1.19 bits per heavy atom. The van der Waals surface area contributed by atoms with Gasteiger partial charge in [0, 0.05) is 23.7 Å². The molecule has 1 aromatic rings. The molecule has 200 valence electrons. The smallest absolute Gasteiger partial charge is 0.408 e. The minimum atomic E-state index is -0.573. The zero-order valence-electron chi connectivity index (χ0n) is 22.8. The fourth-order valence-corrected chi connectivity index (χ4v) is 6.08. The summed E-state index contributed by atoms with van der Waals surface area (Å²) in [5, 5.41) is 13.9. The number of amides is 1. The van der Waals surface area contributed by atoms with Crippen molar-refractivity contribution in [1.29, 1.82) is 0 Å². The van der Waals surface area contributed by atoms with Crippen LogP contribution in [0.5, 0.6) is 5.75 Å². The van der Waals surface area contributed by atoms with E-state index in [1.165, 1.54) is 0 Å². The number of alkyl carbamates (subject to hydrolysis) is 1. The van der Waals surface area contributed by atoms with Gasteiger partial charge in [-0.1, -0.05) is 45.0 Å². The molecule has 0 unspecified atom stereocenters. The fraction of sp³-hybridized carbons (Fsp3) is 0.690. The van der Waals surface area contributed by atoms with Gasteiger partial charge in [-0.15, -0.1) is 0 Å². The molecule has 0 atom stereocenters. The van der Waals surface area contributed by atoms with Gasteiger partial charge < -0.3 is 20.1 Å². The first-order chi connectivity index (χ1) is 17.0. The van der Waals surface area contributed by atoms with Crippen molar-refractivity contribution >= 4 is 28.7 Å². The predicted octanol–water partition coefficient (Wildman–Crippen LogP) is 5.88. The summed E-state index contributed by atoms with van der Waals surface area (Å²) in [5.41, 5.74) is 0.678. The van der Waals surface area contributed by atoms with Crippen molar-refractivity contribution in [3.05, 3.63) is 26.8 Å². The summed E-state index contributed by atoms with van der Waals surface area (Å²) in [4.78, 5) is 17.6. The third-order valence-corrected chi connectivity index (χ3v) is 8.14. The standard InChI is InChI=1S/C29H44IN3O3/c1-6-33(7-2)24-12-17-32(18-13-24)21-23-19-22(20-25(30)26(23)34)11-16-29(14-9-8-10-15-29)31-27(35)36-28(3,4)5/h19-20,24,34H,6-10,12-15,17-18,21H2,1-5H3,(H,31,35). The molecule has 0 bridgehead atoms. The van der Waals surface area contributed by atoms with Gasteiger partial charge in [0.1, 0.15) is 16.9 Å². The number of phenols is 1. The van der Waals surface area contributed by atoms with Crippen LogP contribution in [0.3, 0.4) is 0 Å². The van der Waals surface area contributed by atoms with Gasteiger partial charge in [0.2, 0.25) is 0 Å². The molecule has 1 saturated carbocycles. The molecule has 1 aliphatic carbocycles. The quantitative estimate of drug-likeness (QED) is 0.312. The Morgan fingerprint density at radius 2 is 1.83 bits per heavy atom. The van der Waals surface area contributed by atoms with E-state index in [0.29, 0.717) is 11.8 Å². The van der Waals surface area contributed by atoms with Crippen molar-refractivity contribution in [3.63, 3.8) is 0 Å². The van der Waals surface area contributed by atoms with Crippen LogP contribution < -0.4 is 5.32 Å². The number of benzene rings is 1. The van der Waals surface area contributed by atoms with Crippen molar-refractivity contribution in [3.8, 4) is 17.6 Å². The topological polar surface area (TPSA) is 65.0 Å². The first kappa shape index (κ1) is 29.1. The van der Waals surface area contributed by atoms with Gasteiger partial charge in [0.15, 0.2) is 0 Å². The molecule has 0 aromatic heterocycles. The number of nitrogens with zero attached hydrogens (tertiary/aromatic N) is 2. The molecule has 1 aliphatic heterocycles. The van der Waals surface area contributed by atoms with E-state index in [9.17, 15) is 9.90 Å². The van der Waals surface area contributed by atoms with Crippen LogP contribution in [0.2, 0.25) is 0 Å². The average Bonchev–Trinajstić information content (AvgIpc) is 2.82. The third kappa shape index (κ3) is 8.26. The molecule has 1 amide bonds. The predicted molar refractivity (Wildman–Crippen MR) is 154 cm³/mol. The second-order valence-electron chi connectivity index (χ2n) is 11.2. The molecule has 3 rings (SSSR count). The molecule has 2 aliphatic rings. The van der Waals surface area contributed by atoms with Gasteiger partial charge in [0.05, 0.1) is 3.57 Å². The van der Waals surface area contributed by atoms with Crippen LogP contribution in [-0.2, 0) is 11.3 Å². The summed E-state index contributed by atoms with van der Waals surface area (Å²) in [7, 11) is 0. The molecule has 2 N–H and O–H groups in total. The highest BCUT2D eigenvalue weighted by atomic mass is 127. The molecular weight excluding hydrogens is 565 g/mol. The maximum Gasteiger partial charge on any atom is 0.408 e. The molecular formula is C29H44IN3O3. The van der Waals surface area contributed by atoms with Crippen LogP contribution in [-0.4, -0.2) is 64.4 Å². The van der Waals surface area contributed by atoms with Gasteiger partial charge in [-0.3, -0.25) is 4.90 Å². The molecule has 1 heterocycles. The van der Waals surface area contributed by atoms with Crippen LogP contribution in [0.4, 0.5) is 4.79 Å². The number of ether oxygens (including phenoxy) is 1. The highest BCUT2D eigenvalue weighted by Gasteiger charge is 2.33. The number of nitrogens with one attached hydrogen (secondary N) is 1. The van der Waals surface area contributed by atoms with E-state index in [1.807, 2.05) is 32.9 Å². The largest absolute Gasteiger partial charge is 0.507 e. The Bertz CT molecular complexity index is 945. The number of likely N-dealkylation sites (tertiary alicyclic amines) is 1. The Labute approximate surface area is 231 Å². The average molecular weight is 610 g/mol. The Balaban J connectivity index is 1.74. The van der Waals surface area contributed by atoms with Crippen LogP contribution >= 0.6 is 22.6 Å². The lowest BCUT2D eigenvalue weighted by atomic mass is 9.82. The van der Waals surface area contributed by atoms with Crippen LogP contribution in [0.15, 0.2) is 12.1 Å². The van der Waals surface area contributed by atoms with E-state index in [-0.39, 0.29) is 0 Å². The number of rotatable bonds is 6. The van der Waals surface area contributed by atoms with Crippen molar-refractivity contribution in [2.45, 2.75) is 103 Å². The van der Waals surface area contributed by atoms with Gasteiger partial charge in [-0.2, -0.15) is 0 Å². The van der Waals surface area contributed by atoms with Gasteiger partial charge in [-0.05, 0) is 107 Å². The number of hydrogen-bond acceptors (Lipinski definition) is 5. The number of halogens is 1. The minimum absolute atomic E-state index is 0.353.